The van der Waals surface area contributed by atoms with Crippen LogP contribution in [0.15, 0.2) is 103 Å². The van der Waals surface area contributed by atoms with Gasteiger partial charge in [0.1, 0.15) is 17.1 Å². The minimum Gasteiger partial charge on any atom is -0.505 e. The molecule has 0 aliphatic carbocycles. The number of fused-ring (bicyclic) bond motifs is 3. The van der Waals surface area contributed by atoms with E-state index in [1.54, 1.807) is 0 Å². The predicted octanol–water partition coefficient (Wildman–Crippen LogP) is 11.2. The van der Waals surface area contributed by atoms with Gasteiger partial charge in [-0.15, -0.1) is 23.8 Å². The van der Waals surface area contributed by atoms with Gasteiger partial charge in [0.05, 0.1) is 0 Å². The summed E-state index contributed by atoms with van der Waals surface area (Å²) < 4.78 is 0. The van der Waals surface area contributed by atoms with Gasteiger partial charge < -0.3 is 10.0 Å². The van der Waals surface area contributed by atoms with Gasteiger partial charge in [0.2, 0.25) is 0 Å². The summed E-state index contributed by atoms with van der Waals surface area (Å²) in [6.07, 6.45) is 1.91. The molecule has 246 valence electrons. The second-order valence-electron chi connectivity index (χ2n) is 15.3. The van der Waals surface area contributed by atoms with E-state index in [1.165, 1.54) is 16.7 Å². The van der Waals surface area contributed by atoms with Crippen LogP contribution in [0.5, 0.6) is 5.75 Å². The first-order chi connectivity index (χ1) is 22.2. The Kier molecular flexibility index (Phi) is 8.41. The van der Waals surface area contributed by atoms with E-state index in [2.05, 4.69) is 133 Å². The van der Waals surface area contributed by atoms with Crippen LogP contribution in [-0.2, 0) is 37.3 Å². The number of rotatable bonds is 3. The predicted molar refractivity (Wildman–Crippen MR) is 195 cm³/mol. The molecule has 1 aliphatic heterocycles. The first kappa shape index (κ1) is 33.6. The average molecular weight is 812 g/mol. The zero-order valence-electron chi connectivity index (χ0n) is 28.9. The fourth-order valence-electron chi connectivity index (χ4n) is 6.90. The normalized spacial score (nSPS) is 13.9. The van der Waals surface area contributed by atoms with E-state index in [4.69, 9.17) is 9.97 Å². The summed E-state index contributed by atoms with van der Waals surface area (Å²) in [6, 6.07) is 37.4. The Labute approximate surface area is 299 Å². The van der Waals surface area contributed by atoms with Crippen LogP contribution in [0.4, 0.5) is 17.2 Å². The number of pyridine rings is 2. The number of hydrogen-bond donors (Lipinski definition) is 1. The van der Waals surface area contributed by atoms with Crippen LogP contribution in [-0.4, -0.2) is 15.1 Å². The largest absolute Gasteiger partial charge is 0.505 e. The molecule has 0 saturated heterocycles. The van der Waals surface area contributed by atoms with E-state index in [0.29, 0.717) is 5.52 Å². The van der Waals surface area contributed by atoms with E-state index in [-0.39, 0.29) is 43.1 Å². The van der Waals surface area contributed by atoms with Crippen LogP contribution in [0, 0.1) is 6.07 Å². The first-order valence-corrected chi connectivity index (χ1v) is 16.4. The zero-order chi connectivity index (χ0) is 33.3. The quantitative estimate of drug-likeness (QED) is 0.181. The molecule has 0 bridgehead atoms. The van der Waals surface area contributed by atoms with Crippen LogP contribution in [0.1, 0.15) is 77.6 Å². The van der Waals surface area contributed by atoms with Crippen molar-refractivity contribution in [1.82, 2.24) is 9.97 Å². The van der Waals surface area contributed by atoms with Crippen molar-refractivity contribution in [3.8, 4) is 28.1 Å². The van der Waals surface area contributed by atoms with Gasteiger partial charge in [0.15, 0.2) is 0 Å². The molecule has 2 aromatic heterocycles. The number of phenolic OH excluding ortho intramolecular Hbond substituents is 1. The molecule has 1 N–H and O–H groups in total. The molecule has 5 heteroatoms. The third-order valence-electron chi connectivity index (χ3n) is 9.60. The van der Waals surface area contributed by atoms with Crippen LogP contribution in [0.2, 0.25) is 0 Å². The Morgan fingerprint density at radius 2 is 1.46 bits per heavy atom. The van der Waals surface area contributed by atoms with Crippen molar-refractivity contribution < 1.29 is 26.2 Å². The van der Waals surface area contributed by atoms with Gasteiger partial charge in [-0.25, -0.2) is 4.98 Å². The van der Waals surface area contributed by atoms with Gasteiger partial charge >= 0.3 is 0 Å². The Hall–Kier alpha value is -4.27. The van der Waals surface area contributed by atoms with Crippen molar-refractivity contribution in [3.05, 3.63) is 132 Å². The molecule has 0 amide bonds. The van der Waals surface area contributed by atoms with E-state index in [9.17, 15) is 5.11 Å². The van der Waals surface area contributed by atoms with Crippen molar-refractivity contribution in [2.24, 2.45) is 0 Å². The van der Waals surface area contributed by atoms with Crippen molar-refractivity contribution in [2.75, 3.05) is 4.90 Å². The minimum atomic E-state index is -0.250. The van der Waals surface area contributed by atoms with Crippen LogP contribution in [0.3, 0.4) is 0 Å². The van der Waals surface area contributed by atoms with E-state index >= 15 is 0 Å². The number of para-hydroxylation sites is 1. The van der Waals surface area contributed by atoms with E-state index in [0.717, 1.165) is 50.5 Å². The van der Waals surface area contributed by atoms with Crippen molar-refractivity contribution in [1.29, 1.82) is 0 Å². The number of phenols is 1. The van der Waals surface area contributed by atoms with Crippen LogP contribution >= 0.6 is 0 Å². The van der Waals surface area contributed by atoms with Gasteiger partial charge in [-0.3, -0.25) is 4.98 Å². The SMILES string of the molecule is CC(C)(C)c1ccnc(N2c3[c-]c(-c4ccc5c(C(C)(C)C)cc(-c6ccccc6)c(O)c5n4)ccc3C(C)(C)c3ccccc32)c1.[Pt]. The Bertz CT molecular complexity index is 2160. The summed E-state index contributed by atoms with van der Waals surface area (Å²) in [7, 11) is 0. The van der Waals surface area contributed by atoms with Crippen molar-refractivity contribution in [2.45, 2.75) is 71.6 Å². The average Bonchev–Trinajstić information content (AvgIpc) is 3.04. The summed E-state index contributed by atoms with van der Waals surface area (Å²) in [5.74, 6) is 1.06. The number of anilines is 3. The molecule has 4 nitrogen and oxygen atoms in total. The maximum absolute atomic E-state index is 11.7. The van der Waals surface area contributed by atoms with Crippen LogP contribution in [0.25, 0.3) is 33.3 Å². The molecule has 0 fully saturated rings. The number of nitrogens with zero attached hydrogens (tertiary/aromatic N) is 3. The third-order valence-corrected chi connectivity index (χ3v) is 9.60. The fourth-order valence-corrected chi connectivity index (χ4v) is 6.90. The summed E-state index contributed by atoms with van der Waals surface area (Å²) >= 11 is 0. The maximum atomic E-state index is 11.7. The van der Waals surface area contributed by atoms with Crippen molar-refractivity contribution >= 4 is 28.1 Å². The Balaban J connectivity index is 0.00000401. The Morgan fingerprint density at radius 1 is 0.750 bits per heavy atom. The molecule has 0 saturated carbocycles. The molecule has 0 unspecified atom stereocenters. The molecular weight excluding hydrogens is 770 g/mol. The Morgan fingerprint density at radius 3 is 2.17 bits per heavy atom. The molecule has 0 spiro atoms. The summed E-state index contributed by atoms with van der Waals surface area (Å²) in [5.41, 5.74) is 10.4. The molecule has 3 heterocycles. The third kappa shape index (κ3) is 5.65. The number of aromatic hydroxyl groups is 1. The number of hydrogen-bond acceptors (Lipinski definition) is 4. The van der Waals surface area contributed by atoms with Gasteiger partial charge in [0.25, 0.3) is 0 Å². The zero-order valence-corrected chi connectivity index (χ0v) is 31.2. The molecule has 1 aliphatic rings. The smallest absolute Gasteiger partial charge is 0.148 e. The molecule has 48 heavy (non-hydrogen) atoms. The maximum Gasteiger partial charge on any atom is 0.148 e. The van der Waals surface area contributed by atoms with Gasteiger partial charge in [0, 0.05) is 43.9 Å². The summed E-state index contributed by atoms with van der Waals surface area (Å²) in [5, 5.41) is 12.7. The number of aromatic nitrogens is 2. The molecule has 0 radical (unpaired) electrons. The molecule has 6 aromatic rings. The number of benzene rings is 4. The van der Waals surface area contributed by atoms with Gasteiger partial charge in [-0.1, -0.05) is 122 Å². The van der Waals surface area contributed by atoms with Crippen molar-refractivity contribution in [3.63, 3.8) is 0 Å². The van der Waals surface area contributed by atoms with E-state index in [1.807, 2.05) is 36.5 Å². The molecule has 4 aromatic carbocycles. The monoisotopic (exact) mass is 811 g/mol. The second-order valence-corrected chi connectivity index (χ2v) is 15.3. The van der Waals surface area contributed by atoms with Crippen LogP contribution < -0.4 is 4.90 Å². The molecular formula is C43H42N3OPt-. The van der Waals surface area contributed by atoms with E-state index < -0.39 is 0 Å². The fraction of sp³-hybridized carbons (Fsp3) is 0.256. The standard InChI is InChI=1S/C43H42N3O.Pt/c1-41(2,3)29-22-23-44-38(25-29)46-36-17-13-12-16-32(36)43(7,8)33-20-18-28(24-37(33)46)35-21-19-30-34(42(4,5)6)26-31(40(47)39(30)45-35)27-14-10-9-11-15-27;/h9-23,25-26,47H,1-8H3;/q-1;. The van der Waals surface area contributed by atoms with Gasteiger partial charge in [-0.2, -0.15) is 0 Å². The second kappa shape index (κ2) is 12.0. The minimum absolute atomic E-state index is 0. The summed E-state index contributed by atoms with van der Waals surface area (Å²) in [6.45, 7) is 17.9. The topological polar surface area (TPSA) is 49.2 Å². The summed E-state index contributed by atoms with van der Waals surface area (Å²) in [4.78, 5) is 12.3. The molecule has 7 rings (SSSR count). The molecule has 0 atom stereocenters. The first-order valence-electron chi connectivity index (χ1n) is 16.4. The van der Waals surface area contributed by atoms with Gasteiger partial charge in [-0.05, 0) is 74.1 Å².